The number of aryl methyl sites for hydroxylation is 3. The summed E-state index contributed by atoms with van der Waals surface area (Å²) in [4.78, 5) is 32.4. The van der Waals surface area contributed by atoms with Crippen molar-refractivity contribution in [2.75, 3.05) is 11.5 Å². The van der Waals surface area contributed by atoms with Crippen molar-refractivity contribution >= 4 is 23.1 Å². The van der Waals surface area contributed by atoms with Crippen molar-refractivity contribution in [2.24, 2.45) is 0 Å². The number of hydrogen-bond donors (Lipinski definition) is 1. The molecule has 2 aliphatic rings. The van der Waals surface area contributed by atoms with Crippen LogP contribution in [0.15, 0.2) is 66.4 Å². The maximum atomic E-state index is 13.3. The van der Waals surface area contributed by atoms with Crippen LogP contribution in [-0.2, 0) is 16.0 Å². The number of anilines is 1. The number of amides is 1. The number of pyridine rings is 1. The van der Waals surface area contributed by atoms with Crippen molar-refractivity contribution < 1.29 is 19.4 Å². The van der Waals surface area contributed by atoms with E-state index >= 15 is 0 Å². The third-order valence-corrected chi connectivity index (χ3v) is 6.36. The monoisotopic (exact) mass is 440 g/mol. The summed E-state index contributed by atoms with van der Waals surface area (Å²) in [5, 5.41) is 11.3. The van der Waals surface area contributed by atoms with Crippen LogP contribution in [0.4, 0.5) is 5.69 Å². The number of benzene rings is 2. The van der Waals surface area contributed by atoms with Gasteiger partial charge in [-0.25, -0.2) is 0 Å². The van der Waals surface area contributed by atoms with Crippen LogP contribution in [0.25, 0.3) is 5.76 Å². The van der Waals surface area contributed by atoms with Gasteiger partial charge in [0.1, 0.15) is 17.6 Å². The van der Waals surface area contributed by atoms with Gasteiger partial charge >= 0.3 is 0 Å². The van der Waals surface area contributed by atoms with Crippen molar-refractivity contribution in [1.29, 1.82) is 0 Å². The minimum absolute atomic E-state index is 0.0357. The molecule has 0 aliphatic carbocycles. The van der Waals surface area contributed by atoms with Crippen LogP contribution in [0, 0.1) is 13.8 Å². The van der Waals surface area contributed by atoms with Crippen LogP contribution in [0.5, 0.6) is 5.75 Å². The standard InChI is InChI=1S/C27H24N2O4/c1-16-8-10-20(14-17(16)2)29-24(21-7-3-4-12-28-21)23(26(31)27(29)32)25(30)19-9-11-22-18(15-19)6-5-13-33-22/h3-4,7-12,14-15,24,30H,5-6,13H2,1-2H3/b25-23-. The minimum atomic E-state index is -0.833. The van der Waals surface area contributed by atoms with Crippen molar-refractivity contribution in [3.05, 3.63) is 94.3 Å². The summed E-state index contributed by atoms with van der Waals surface area (Å²) < 4.78 is 5.67. The van der Waals surface area contributed by atoms with E-state index in [0.717, 1.165) is 35.3 Å². The molecule has 5 rings (SSSR count). The van der Waals surface area contributed by atoms with Gasteiger partial charge in [-0.2, -0.15) is 0 Å². The van der Waals surface area contributed by atoms with Crippen molar-refractivity contribution in [1.82, 2.24) is 4.98 Å². The first-order valence-electron chi connectivity index (χ1n) is 11.0. The Morgan fingerprint density at radius 1 is 1.06 bits per heavy atom. The van der Waals surface area contributed by atoms with Crippen molar-refractivity contribution in [2.45, 2.75) is 32.7 Å². The van der Waals surface area contributed by atoms with Crippen molar-refractivity contribution in [3.8, 4) is 5.75 Å². The second-order valence-electron chi connectivity index (χ2n) is 8.47. The lowest BCUT2D eigenvalue weighted by molar-refractivity contribution is -0.132. The molecule has 1 atom stereocenters. The Bertz CT molecular complexity index is 1300. The van der Waals surface area contributed by atoms with Gasteiger partial charge in [-0.3, -0.25) is 19.5 Å². The van der Waals surface area contributed by atoms with E-state index in [1.807, 2.05) is 38.1 Å². The summed E-state index contributed by atoms with van der Waals surface area (Å²) in [6.07, 6.45) is 3.34. The number of carbonyl (C=O) groups excluding carboxylic acids is 2. The summed E-state index contributed by atoms with van der Waals surface area (Å²) >= 11 is 0. The summed E-state index contributed by atoms with van der Waals surface area (Å²) in [6, 6.07) is 15.5. The summed E-state index contributed by atoms with van der Waals surface area (Å²) in [5.74, 6) is -0.828. The smallest absolute Gasteiger partial charge is 0.300 e. The average Bonchev–Trinajstić information content (AvgIpc) is 3.11. The predicted octanol–water partition coefficient (Wildman–Crippen LogP) is 4.65. The average molecular weight is 440 g/mol. The molecule has 1 N–H and O–H groups in total. The first-order chi connectivity index (χ1) is 16.0. The lowest BCUT2D eigenvalue weighted by atomic mass is 9.96. The van der Waals surface area contributed by atoms with Gasteiger partial charge in [-0.1, -0.05) is 12.1 Å². The van der Waals surface area contributed by atoms with E-state index in [-0.39, 0.29) is 11.3 Å². The lowest BCUT2D eigenvalue weighted by Gasteiger charge is -2.25. The van der Waals surface area contributed by atoms with E-state index in [4.69, 9.17) is 4.74 Å². The molecule has 2 aromatic carbocycles. The molecule has 0 saturated carbocycles. The highest BCUT2D eigenvalue weighted by Gasteiger charge is 2.47. The number of Topliss-reactive ketones (excluding diaryl/α,β-unsaturated/α-hetero) is 1. The molecular formula is C27H24N2O4. The number of hydrogen-bond acceptors (Lipinski definition) is 5. The molecule has 33 heavy (non-hydrogen) atoms. The maximum Gasteiger partial charge on any atom is 0.300 e. The molecule has 1 aromatic heterocycles. The molecular weight excluding hydrogens is 416 g/mol. The van der Waals surface area contributed by atoms with Gasteiger partial charge in [0.25, 0.3) is 11.7 Å². The molecule has 2 aliphatic heterocycles. The van der Waals surface area contributed by atoms with E-state index in [2.05, 4.69) is 4.98 Å². The van der Waals surface area contributed by atoms with Crippen LogP contribution >= 0.6 is 0 Å². The number of nitrogens with zero attached hydrogens (tertiary/aromatic N) is 2. The highest BCUT2D eigenvalue weighted by molar-refractivity contribution is 6.51. The summed E-state index contributed by atoms with van der Waals surface area (Å²) in [5.41, 5.74) is 4.69. The summed E-state index contributed by atoms with van der Waals surface area (Å²) in [6.45, 7) is 4.61. The molecule has 6 nitrogen and oxygen atoms in total. The van der Waals surface area contributed by atoms with E-state index < -0.39 is 17.7 Å². The quantitative estimate of drug-likeness (QED) is 0.364. The lowest BCUT2D eigenvalue weighted by Crippen LogP contribution is -2.29. The molecule has 0 bridgehead atoms. The largest absolute Gasteiger partial charge is 0.507 e. The second kappa shape index (κ2) is 8.20. The van der Waals surface area contributed by atoms with E-state index in [1.165, 1.54) is 4.90 Å². The molecule has 1 amide bonds. The highest BCUT2D eigenvalue weighted by Crippen LogP contribution is 2.42. The topological polar surface area (TPSA) is 79.7 Å². The van der Waals surface area contributed by atoms with Gasteiger partial charge in [0.2, 0.25) is 0 Å². The van der Waals surface area contributed by atoms with Gasteiger partial charge in [0, 0.05) is 17.4 Å². The number of rotatable bonds is 3. The highest BCUT2D eigenvalue weighted by atomic mass is 16.5. The second-order valence-corrected chi connectivity index (χ2v) is 8.47. The molecule has 6 heteroatoms. The van der Waals surface area contributed by atoms with Crippen LogP contribution in [0.2, 0.25) is 0 Å². The number of ether oxygens (including phenoxy) is 1. The minimum Gasteiger partial charge on any atom is -0.507 e. The third kappa shape index (κ3) is 3.57. The Morgan fingerprint density at radius 3 is 2.67 bits per heavy atom. The number of ketones is 1. The Hall–Kier alpha value is -3.93. The molecule has 1 fully saturated rings. The normalized spacial score (nSPS) is 19.3. The molecule has 3 heterocycles. The number of carbonyl (C=O) groups is 2. The Balaban J connectivity index is 1.69. The predicted molar refractivity (Wildman–Crippen MR) is 125 cm³/mol. The van der Waals surface area contributed by atoms with Crippen LogP contribution < -0.4 is 9.64 Å². The molecule has 1 saturated heterocycles. The SMILES string of the molecule is Cc1ccc(N2C(=O)C(=O)/C(=C(\O)c3ccc4c(c3)CCCO4)C2c2ccccn2)cc1C. The Morgan fingerprint density at radius 2 is 1.91 bits per heavy atom. The summed E-state index contributed by atoms with van der Waals surface area (Å²) in [7, 11) is 0. The van der Waals surface area contributed by atoms with E-state index in [9.17, 15) is 14.7 Å². The fourth-order valence-electron chi connectivity index (χ4n) is 4.45. The van der Waals surface area contributed by atoms with Crippen LogP contribution in [0.3, 0.4) is 0 Å². The number of aliphatic hydroxyl groups excluding tert-OH is 1. The van der Waals surface area contributed by atoms with E-state index in [0.29, 0.717) is 23.6 Å². The number of aromatic nitrogens is 1. The van der Waals surface area contributed by atoms with E-state index in [1.54, 1.807) is 36.5 Å². The zero-order valence-electron chi connectivity index (χ0n) is 18.5. The van der Waals surface area contributed by atoms with Gasteiger partial charge in [-0.15, -0.1) is 0 Å². The first kappa shape index (κ1) is 20.9. The zero-order chi connectivity index (χ0) is 23.1. The maximum absolute atomic E-state index is 13.3. The number of aliphatic hydroxyl groups is 1. The van der Waals surface area contributed by atoms with Gasteiger partial charge in [0.05, 0.1) is 17.9 Å². The molecule has 0 spiro atoms. The third-order valence-electron chi connectivity index (χ3n) is 6.36. The fourth-order valence-corrected chi connectivity index (χ4v) is 4.45. The first-order valence-corrected chi connectivity index (χ1v) is 11.0. The molecule has 3 aromatic rings. The molecule has 0 radical (unpaired) electrons. The Labute approximate surface area is 192 Å². The number of fused-ring (bicyclic) bond motifs is 1. The molecule has 1 unspecified atom stereocenters. The molecule has 166 valence electrons. The van der Waals surface area contributed by atoms with Gasteiger partial charge in [-0.05, 0) is 85.8 Å². The van der Waals surface area contributed by atoms with Crippen molar-refractivity contribution in [3.63, 3.8) is 0 Å². The van der Waals surface area contributed by atoms with Crippen LogP contribution in [-0.4, -0.2) is 28.4 Å². The fraction of sp³-hybridized carbons (Fsp3) is 0.222. The van der Waals surface area contributed by atoms with Gasteiger partial charge in [0.15, 0.2) is 0 Å². The Kier molecular flexibility index (Phi) is 5.21. The zero-order valence-corrected chi connectivity index (χ0v) is 18.5. The van der Waals surface area contributed by atoms with Crippen LogP contribution in [0.1, 0.15) is 40.4 Å². The van der Waals surface area contributed by atoms with Gasteiger partial charge < -0.3 is 9.84 Å².